The highest BCUT2D eigenvalue weighted by Crippen LogP contribution is 2.44. The largest absolute Gasteiger partial charge is 0.457 e. The molecule has 0 amide bonds. The highest BCUT2D eigenvalue weighted by molar-refractivity contribution is 5.88. The van der Waals surface area contributed by atoms with Crippen molar-refractivity contribution in [2.75, 3.05) is 18.9 Å². The zero-order chi connectivity index (χ0) is 25.4. The van der Waals surface area contributed by atoms with Crippen LogP contribution in [0, 0.1) is 0 Å². The Morgan fingerprint density at radius 3 is 2.41 bits per heavy atom. The van der Waals surface area contributed by atoms with Crippen LogP contribution in [0.25, 0.3) is 16.7 Å². The molecule has 1 aliphatic carbocycles. The Morgan fingerprint density at radius 2 is 1.73 bits per heavy atom. The van der Waals surface area contributed by atoms with Crippen LogP contribution < -0.4 is 15.0 Å². The number of aromatic nitrogens is 3. The van der Waals surface area contributed by atoms with Gasteiger partial charge in [-0.15, -0.1) is 4.98 Å². The maximum atomic E-state index is 6.84. The summed E-state index contributed by atoms with van der Waals surface area (Å²) < 4.78 is 22.3. The minimum atomic E-state index is -0.379. The van der Waals surface area contributed by atoms with Crippen molar-refractivity contribution in [1.82, 2.24) is 9.55 Å². The Bertz CT molecular complexity index is 1370. The van der Waals surface area contributed by atoms with Crippen LogP contribution in [0.15, 0.2) is 67.1 Å². The first-order chi connectivity index (χ1) is 18.1. The van der Waals surface area contributed by atoms with Crippen molar-refractivity contribution in [1.29, 1.82) is 0 Å². The van der Waals surface area contributed by atoms with Gasteiger partial charge >= 0.3 is 0 Å². The third-order valence-corrected chi connectivity index (χ3v) is 8.00. The van der Waals surface area contributed by atoms with Crippen molar-refractivity contribution in [3.8, 4) is 17.2 Å². The lowest BCUT2D eigenvalue weighted by atomic mass is 9.81. The number of benzene rings is 2. The highest BCUT2D eigenvalue weighted by atomic mass is 16.7. The first-order valence-corrected chi connectivity index (χ1v) is 13.4. The van der Waals surface area contributed by atoms with Gasteiger partial charge in [-0.05, 0) is 68.5 Å². The Labute approximate surface area is 217 Å². The van der Waals surface area contributed by atoms with Crippen LogP contribution in [0.1, 0.15) is 63.5 Å². The van der Waals surface area contributed by atoms with E-state index in [2.05, 4.69) is 41.3 Å². The molecule has 0 bridgehead atoms. The summed E-state index contributed by atoms with van der Waals surface area (Å²) >= 11 is 0. The van der Waals surface area contributed by atoms with Gasteiger partial charge in [0.2, 0.25) is 12.1 Å². The van der Waals surface area contributed by atoms with Crippen LogP contribution in [-0.2, 0) is 9.47 Å². The van der Waals surface area contributed by atoms with Gasteiger partial charge in [0.1, 0.15) is 11.5 Å². The second-order valence-electron chi connectivity index (χ2n) is 10.2. The van der Waals surface area contributed by atoms with Crippen LogP contribution >= 0.6 is 0 Å². The number of ether oxygens (including phenoxy) is 3. The average molecular weight is 500 g/mol. The third-order valence-electron chi connectivity index (χ3n) is 8.00. The Hall–Kier alpha value is -3.42. The summed E-state index contributed by atoms with van der Waals surface area (Å²) in [7, 11) is 0. The molecular formula is C30H35N4O3+. The van der Waals surface area contributed by atoms with Crippen LogP contribution in [0.5, 0.6) is 11.5 Å². The van der Waals surface area contributed by atoms with E-state index in [0.29, 0.717) is 19.1 Å². The molecule has 2 aliphatic rings. The van der Waals surface area contributed by atoms with E-state index in [1.54, 1.807) is 0 Å². The number of rotatable bonds is 6. The van der Waals surface area contributed by atoms with Crippen molar-refractivity contribution in [2.24, 2.45) is 0 Å². The molecule has 6 rings (SSSR count). The summed E-state index contributed by atoms with van der Waals surface area (Å²) in [6.45, 7) is 5.74. The number of hydrogen-bond donors (Lipinski definition) is 1. The molecule has 0 unspecified atom stereocenters. The second-order valence-corrected chi connectivity index (χ2v) is 10.2. The molecular weight excluding hydrogens is 464 g/mol. The molecule has 7 heteroatoms. The number of para-hydroxylation sites is 1. The minimum absolute atomic E-state index is 0.261. The van der Waals surface area contributed by atoms with Gasteiger partial charge in [0, 0.05) is 30.3 Å². The third kappa shape index (κ3) is 4.47. The molecule has 2 aromatic heterocycles. The monoisotopic (exact) mass is 499 g/mol. The molecule has 2 fully saturated rings. The van der Waals surface area contributed by atoms with Gasteiger partial charge in [-0.2, -0.15) is 0 Å². The quantitative estimate of drug-likeness (QED) is 0.327. The smallest absolute Gasteiger partial charge is 0.247 e. The average Bonchev–Trinajstić information content (AvgIpc) is 3.56. The van der Waals surface area contributed by atoms with Crippen molar-refractivity contribution >= 4 is 16.9 Å². The fraction of sp³-hybridized carbons (Fsp3) is 0.400. The summed E-state index contributed by atoms with van der Waals surface area (Å²) in [4.78, 5) is 4.97. The zero-order valence-electron chi connectivity index (χ0n) is 21.6. The molecule has 1 atom stereocenters. The van der Waals surface area contributed by atoms with E-state index in [9.17, 15) is 0 Å². The predicted octanol–water partition coefficient (Wildman–Crippen LogP) is 6.06. The Morgan fingerprint density at radius 1 is 1.05 bits per heavy atom. The van der Waals surface area contributed by atoms with Crippen molar-refractivity contribution in [3.05, 3.63) is 72.7 Å². The van der Waals surface area contributed by atoms with E-state index < -0.39 is 0 Å². The number of anilines is 1. The van der Waals surface area contributed by atoms with Gasteiger partial charge in [-0.25, -0.2) is 4.57 Å². The van der Waals surface area contributed by atoms with E-state index in [1.165, 1.54) is 5.56 Å². The lowest BCUT2D eigenvalue weighted by Crippen LogP contribution is -2.41. The normalized spacial score (nSPS) is 18.4. The predicted molar refractivity (Wildman–Crippen MR) is 143 cm³/mol. The first-order valence-electron chi connectivity index (χ1n) is 13.4. The van der Waals surface area contributed by atoms with Crippen LogP contribution in [0.3, 0.4) is 0 Å². The molecule has 1 spiro atoms. The first kappa shape index (κ1) is 23.9. The van der Waals surface area contributed by atoms with E-state index in [0.717, 1.165) is 66.1 Å². The molecule has 0 radical (unpaired) electrons. The molecule has 2 N–H and O–H groups in total. The molecule has 1 saturated heterocycles. The summed E-state index contributed by atoms with van der Waals surface area (Å²) in [6, 6.07) is 18.3. The van der Waals surface area contributed by atoms with Crippen LogP contribution in [-0.4, -0.2) is 28.6 Å². The van der Waals surface area contributed by atoms with E-state index in [-0.39, 0.29) is 11.8 Å². The molecule has 3 heterocycles. The minimum Gasteiger partial charge on any atom is -0.457 e. The molecule has 1 aliphatic heterocycles. The molecule has 7 nitrogen and oxygen atoms in total. The van der Waals surface area contributed by atoms with E-state index >= 15 is 0 Å². The molecule has 192 valence electrons. The zero-order valence-corrected chi connectivity index (χ0v) is 21.6. The standard InChI is InChI=1S/C30H34N4O3/c1-3-21(2)34-20-32-27-26(22-13-15-30(16-14-22)35-17-18-36-30)19-33(28(27)29(34)31)23-9-11-25(12-10-23)37-24-7-5-4-6-8-24/h4-12,19-22,31H,3,13-18H2,1-2H3/p+1/t21-/m0/s1. The van der Waals surface area contributed by atoms with Gasteiger partial charge in [0.05, 0.1) is 19.3 Å². The Balaban J connectivity index is 1.38. The fourth-order valence-corrected chi connectivity index (χ4v) is 5.70. The lowest BCUT2D eigenvalue weighted by molar-refractivity contribution is -0.707. The fourth-order valence-electron chi connectivity index (χ4n) is 5.70. The van der Waals surface area contributed by atoms with Gasteiger partial charge < -0.3 is 24.5 Å². The maximum absolute atomic E-state index is 6.84. The van der Waals surface area contributed by atoms with Crippen LogP contribution in [0.4, 0.5) is 5.82 Å². The van der Waals surface area contributed by atoms with E-state index in [1.807, 2.05) is 48.8 Å². The summed E-state index contributed by atoms with van der Waals surface area (Å²) in [5.41, 5.74) is 11.1. The second kappa shape index (κ2) is 9.80. The van der Waals surface area contributed by atoms with Gasteiger partial charge in [-0.3, -0.25) is 0 Å². The summed E-state index contributed by atoms with van der Waals surface area (Å²) in [5, 5.41) is 0. The molecule has 2 aromatic carbocycles. The highest BCUT2D eigenvalue weighted by Gasteiger charge is 2.41. The Kier molecular flexibility index (Phi) is 6.34. The van der Waals surface area contributed by atoms with Gasteiger partial charge in [-0.1, -0.05) is 25.1 Å². The number of nitrogen functional groups attached to an aromatic ring is 1. The van der Waals surface area contributed by atoms with Crippen molar-refractivity contribution in [2.45, 2.75) is 63.7 Å². The lowest BCUT2D eigenvalue weighted by Gasteiger charge is -2.35. The number of nitrogens with two attached hydrogens (primary N) is 1. The van der Waals surface area contributed by atoms with Gasteiger partial charge in [0.15, 0.2) is 16.8 Å². The molecule has 1 saturated carbocycles. The summed E-state index contributed by atoms with van der Waals surface area (Å²) in [5.74, 6) is 2.35. The maximum Gasteiger partial charge on any atom is 0.247 e. The van der Waals surface area contributed by atoms with Gasteiger partial charge in [0.25, 0.3) is 0 Å². The SMILES string of the molecule is CC[C@H](C)[n+]1cnc2c(C3CCC4(CC3)OCCO4)cn(-c3ccc(Oc4ccccc4)cc3)c2c1N. The molecule has 4 aromatic rings. The van der Waals surface area contributed by atoms with Crippen molar-refractivity contribution < 1.29 is 18.8 Å². The van der Waals surface area contributed by atoms with Crippen LogP contribution in [0.2, 0.25) is 0 Å². The number of nitrogens with zero attached hydrogens (tertiary/aromatic N) is 3. The van der Waals surface area contributed by atoms with Crippen molar-refractivity contribution in [3.63, 3.8) is 0 Å². The number of hydrogen-bond acceptors (Lipinski definition) is 5. The van der Waals surface area contributed by atoms with E-state index in [4.69, 9.17) is 24.9 Å². The number of fused-ring (bicyclic) bond motifs is 1. The summed E-state index contributed by atoms with van der Waals surface area (Å²) in [6.07, 6.45) is 8.95. The molecule has 37 heavy (non-hydrogen) atoms. The topological polar surface area (TPSA) is 75.4 Å².